The molecule has 0 aromatic rings. The van der Waals surface area contributed by atoms with Crippen molar-refractivity contribution in [2.45, 2.75) is 37.0 Å². The summed E-state index contributed by atoms with van der Waals surface area (Å²) < 4.78 is 0. The van der Waals surface area contributed by atoms with Crippen LogP contribution in [0.5, 0.6) is 0 Å². The fourth-order valence-corrected chi connectivity index (χ4v) is 2.05. The predicted molar refractivity (Wildman–Crippen MR) is 98.4 cm³/mol. The molecule has 15 heteroatoms. The van der Waals surface area contributed by atoms with Crippen LogP contribution in [0.15, 0.2) is 0 Å². The van der Waals surface area contributed by atoms with Gasteiger partial charge in [0.25, 0.3) is 0 Å². The average molecular weight is 437 g/mol. The topological polar surface area (TPSA) is 251 Å². The van der Waals surface area contributed by atoms with Crippen LogP contribution in [-0.2, 0) is 28.8 Å². The van der Waals surface area contributed by atoms with Gasteiger partial charge in [0.05, 0.1) is 25.5 Å². The van der Waals surface area contributed by atoms with Gasteiger partial charge in [0.2, 0.25) is 23.6 Å². The number of primary amides is 1. The second-order valence-electron chi connectivity index (χ2n) is 5.76. The van der Waals surface area contributed by atoms with Gasteiger partial charge in [-0.05, 0) is 0 Å². The molecule has 0 heterocycles. The summed E-state index contributed by atoms with van der Waals surface area (Å²) in [5.74, 6) is -7.43. The molecule has 10 N–H and O–H groups in total. The summed E-state index contributed by atoms with van der Waals surface area (Å²) >= 11 is 3.80. The summed E-state index contributed by atoms with van der Waals surface area (Å²) in [5.41, 5.74) is 10.3. The Bertz CT molecular complexity index is 659. The van der Waals surface area contributed by atoms with E-state index in [-0.39, 0.29) is 5.75 Å². The zero-order valence-corrected chi connectivity index (χ0v) is 15.9. The number of aliphatic hydroxyl groups excluding tert-OH is 1. The molecule has 0 rings (SSSR count). The first-order valence-electron chi connectivity index (χ1n) is 8.04. The molecular weight excluding hydrogens is 414 g/mol. The molecule has 0 bridgehead atoms. The van der Waals surface area contributed by atoms with Crippen LogP contribution in [0.4, 0.5) is 0 Å². The van der Waals surface area contributed by atoms with E-state index in [9.17, 15) is 33.9 Å². The lowest BCUT2D eigenvalue weighted by atomic mass is 10.1. The first-order valence-corrected chi connectivity index (χ1v) is 8.67. The molecule has 0 fully saturated rings. The van der Waals surface area contributed by atoms with E-state index in [0.29, 0.717) is 0 Å². The number of hydrogen-bond acceptors (Lipinski definition) is 9. The third-order valence-electron chi connectivity index (χ3n) is 3.38. The Morgan fingerprint density at radius 3 is 1.72 bits per heavy atom. The van der Waals surface area contributed by atoms with Crippen LogP contribution in [0, 0.1) is 0 Å². The maximum Gasteiger partial charge on any atom is 0.326 e. The van der Waals surface area contributed by atoms with Crippen LogP contribution >= 0.6 is 12.6 Å². The molecule has 4 unspecified atom stereocenters. The number of carbonyl (C=O) groups excluding carboxylic acids is 4. The second kappa shape index (κ2) is 12.5. The van der Waals surface area contributed by atoms with Crippen molar-refractivity contribution in [3.63, 3.8) is 0 Å². The molecule has 0 saturated carbocycles. The Hall–Kier alpha value is -2.91. The Morgan fingerprint density at radius 2 is 1.31 bits per heavy atom. The molecule has 29 heavy (non-hydrogen) atoms. The summed E-state index contributed by atoms with van der Waals surface area (Å²) in [6, 6.07) is -6.20. The van der Waals surface area contributed by atoms with Gasteiger partial charge >= 0.3 is 11.9 Å². The lowest BCUT2D eigenvalue weighted by Crippen LogP contribution is -2.58. The third kappa shape index (κ3) is 9.72. The van der Waals surface area contributed by atoms with Gasteiger partial charge < -0.3 is 42.7 Å². The van der Waals surface area contributed by atoms with Crippen LogP contribution in [0.1, 0.15) is 12.8 Å². The first kappa shape index (κ1) is 26.1. The normalized spacial score (nSPS) is 14.6. The maximum absolute atomic E-state index is 12.2. The lowest BCUT2D eigenvalue weighted by Gasteiger charge is -2.23. The van der Waals surface area contributed by atoms with Crippen LogP contribution in [0.3, 0.4) is 0 Å². The number of hydrogen-bond donors (Lipinski definition) is 9. The van der Waals surface area contributed by atoms with Crippen molar-refractivity contribution in [2.75, 3.05) is 12.4 Å². The van der Waals surface area contributed by atoms with E-state index in [1.165, 1.54) is 0 Å². The third-order valence-corrected chi connectivity index (χ3v) is 3.77. The van der Waals surface area contributed by atoms with E-state index in [2.05, 4.69) is 17.9 Å². The molecule has 4 amide bonds. The van der Waals surface area contributed by atoms with Gasteiger partial charge in [0, 0.05) is 5.75 Å². The maximum atomic E-state index is 12.2. The van der Waals surface area contributed by atoms with E-state index < -0.39 is 79.2 Å². The number of nitrogens with one attached hydrogen (secondary N) is 3. The monoisotopic (exact) mass is 437 g/mol. The summed E-state index contributed by atoms with van der Waals surface area (Å²) in [4.78, 5) is 69.1. The Labute approximate surface area is 169 Å². The lowest BCUT2D eigenvalue weighted by molar-refractivity contribution is -0.145. The van der Waals surface area contributed by atoms with E-state index in [1.807, 2.05) is 10.6 Å². The van der Waals surface area contributed by atoms with Crippen LogP contribution in [0.25, 0.3) is 0 Å². The van der Waals surface area contributed by atoms with Crippen molar-refractivity contribution in [2.24, 2.45) is 11.5 Å². The number of carboxylic acid groups (broad SMARTS) is 2. The molecule has 0 saturated heterocycles. The van der Waals surface area contributed by atoms with Crippen molar-refractivity contribution in [1.82, 2.24) is 16.0 Å². The first-order chi connectivity index (χ1) is 13.4. The highest BCUT2D eigenvalue weighted by atomic mass is 32.1. The van der Waals surface area contributed by atoms with Gasteiger partial charge in [-0.3, -0.25) is 24.0 Å². The van der Waals surface area contributed by atoms with Gasteiger partial charge in [0.1, 0.15) is 18.1 Å². The minimum Gasteiger partial charge on any atom is -0.481 e. The molecule has 164 valence electrons. The molecule has 0 radical (unpaired) electrons. The van der Waals surface area contributed by atoms with Gasteiger partial charge in [-0.2, -0.15) is 12.6 Å². The van der Waals surface area contributed by atoms with Crippen molar-refractivity contribution in [3.8, 4) is 0 Å². The number of amides is 4. The zero-order chi connectivity index (χ0) is 22.7. The van der Waals surface area contributed by atoms with E-state index >= 15 is 0 Å². The highest BCUT2D eigenvalue weighted by Gasteiger charge is 2.31. The molecule has 14 nitrogen and oxygen atoms in total. The van der Waals surface area contributed by atoms with Crippen molar-refractivity contribution >= 4 is 48.2 Å². The average Bonchev–Trinajstić information content (AvgIpc) is 2.62. The second-order valence-corrected chi connectivity index (χ2v) is 6.13. The molecule has 0 aliphatic heterocycles. The SMILES string of the molecule is NC(=O)CC(NC(=O)C(CC(=O)O)NC(=O)C(CO)NC(=O)C(N)CS)C(=O)O. The van der Waals surface area contributed by atoms with Crippen LogP contribution in [0.2, 0.25) is 0 Å². The number of aliphatic carboxylic acids is 2. The van der Waals surface area contributed by atoms with E-state index in [1.54, 1.807) is 0 Å². The summed E-state index contributed by atoms with van der Waals surface area (Å²) in [6.45, 7) is -0.905. The molecule has 0 aliphatic rings. The molecule has 0 aromatic heterocycles. The van der Waals surface area contributed by atoms with Crippen LogP contribution < -0.4 is 27.4 Å². The van der Waals surface area contributed by atoms with Crippen molar-refractivity contribution in [3.05, 3.63) is 0 Å². The Balaban J connectivity index is 5.29. The number of carbonyl (C=O) groups is 6. The van der Waals surface area contributed by atoms with E-state index in [4.69, 9.17) is 21.7 Å². The Kier molecular flexibility index (Phi) is 11.3. The number of carboxylic acids is 2. The molecule has 0 aromatic carbocycles. The number of rotatable bonds is 13. The fourth-order valence-electron chi connectivity index (χ4n) is 1.89. The summed E-state index contributed by atoms with van der Waals surface area (Å²) in [7, 11) is 0. The molecule has 4 atom stereocenters. The molecular formula is C14H23N5O9S. The van der Waals surface area contributed by atoms with Gasteiger partial charge in [-0.25, -0.2) is 4.79 Å². The fraction of sp³-hybridized carbons (Fsp3) is 0.571. The van der Waals surface area contributed by atoms with Gasteiger partial charge in [-0.1, -0.05) is 0 Å². The summed E-state index contributed by atoms with van der Waals surface area (Å²) in [5, 5.41) is 33.1. The summed E-state index contributed by atoms with van der Waals surface area (Å²) in [6.07, 6.45) is -1.73. The van der Waals surface area contributed by atoms with E-state index in [0.717, 1.165) is 0 Å². The highest BCUT2D eigenvalue weighted by Crippen LogP contribution is 1.99. The quantitative estimate of drug-likeness (QED) is 0.124. The largest absolute Gasteiger partial charge is 0.481 e. The standard InChI is InChI=1S/C14H23N5O9S/c15-5(4-29)11(24)19-8(3-20)13(26)17-6(2-10(22)23)12(25)18-7(14(27)28)1-9(16)21/h5-8,20,29H,1-4,15H2,(H2,16,21)(H,17,26)(H,18,25)(H,19,24)(H,22,23)(H,27,28). The smallest absolute Gasteiger partial charge is 0.326 e. The van der Waals surface area contributed by atoms with Crippen molar-refractivity contribution in [1.29, 1.82) is 0 Å². The zero-order valence-electron chi connectivity index (χ0n) is 15.0. The molecule has 0 aliphatic carbocycles. The highest BCUT2D eigenvalue weighted by molar-refractivity contribution is 7.80. The number of nitrogens with two attached hydrogens (primary N) is 2. The van der Waals surface area contributed by atoms with Crippen molar-refractivity contribution < 1.29 is 44.1 Å². The predicted octanol–water partition coefficient (Wildman–Crippen LogP) is -4.88. The molecule has 0 spiro atoms. The van der Waals surface area contributed by atoms with Gasteiger partial charge in [0.15, 0.2) is 0 Å². The minimum absolute atomic E-state index is 0.0634. The van der Waals surface area contributed by atoms with Crippen LogP contribution in [-0.4, -0.2) is 87.4 Å². The number of thiol groups is 1. The van der Waals surface area contributed by atoms with Gasteiger partial charge in [-0.15, -0.1) is 0 Å². The Morgan fingerprint density at radius 1 is 0.828 bits per heavy atom. The number of aliphatic hydroxyl groups is 1. The minimum atomic E-state index is -1.78.